The van der Waals surface area contributed by atoms with Crippen molar-refractivity contribution in [3.05, 3.63) is 56.1 Å². The first kappa shape index (κ1) is 16.5. The number of thiophene rings is 1. The molecule has 0 aliphatic heterocycles. The second kappa shape index (κ2) is 7.38. The molecule has 0 saturated heterocycles. The normalized spacial score (nSPS) is 10.9. The van der Waals surface area contributed by atoms with E-state index in [-0.39, 0.29) is 17.0 Å². The summed E-state index contributed by atoms with van der Waals surface area (Å²) in [7, 11) is 3.93. The molecule has 118 valence electrons. The van der Waals surface area contributed by atoms with E-state index in [1.165, 1.54) is 11.1 Å². The van der Waals surface area contributed by atoms with Crippen molar-refractivity contribution < 1.29 is 4.79 Å². The lowest BCUT2D eigenvalue weighted by Crippen LogP contribution is -2.38. The number of pyridine rings is 1. The lowest BCUT2D eigenvalue weighted by molar-refractivity contribution is 0.0732. The highest BCUT2D eigenvalue weighted by atomic mass is 32.1. The van der Waals surface area contributed by atoms with E-state index < -0.39 is 0 Å². The van der Waals surface area contributed by atoms with Crippen LogP contribution in [0.5, 0.6) is 0 Å². The molecular weight excluding hydrogens is 298 g/mol. The topological polar surface area (TPSA) is 56.4 Å². The third-order valence-corrected chi connectivity index (χ3v) is 4.28. The summed E-state index contributed by atoms with van der Waals surface area (Å²) in [5.74, 6) is -0.227. The number of aryl methyl sites for hydroxylation is 1. The molecule has 5 nitrogen and oxygen atoms in total. The molecule has 0 unspecified atom stereocenters. The molecule has 22 heavy (non-hydrogen) atoms. The number of hydrogen-bond donors (Lipinski definition) is 1. The standard InChI is InChI=1S/C16H21N3O2S/c1-12-6-7-13(22-12)11-19(10-9-18(2)3)16(21)14-5-4-8-17-15(14)20/h4-8H,9-11H2,1-3H3,(H,17,20). The maximum Gasteiger partial charge on any atom is 0.260 e. The molecule has 2 aromatic heterocycles. The van der Waals surface area contributed by atoms with Gasteiger partial charge in [0.05, 0.1) is 6.54 Å². The van der Waals surface area contributed by atoms with Crippen LogP contribution in [0.3, 0.4) is 0 Å². The number of rotatable bonds is 6. The summed E-state index contributed by atoms with van der Waals surface area (Å²) in [5, 5.41) is 0. The lowest BCUT2D eigenvalue weighted by atomic mass is 10.2. The molecule has 0 fully saturated rings. The minimum absolute atomic E-state index is 0.189. The molecule has 0 bridgehead atoms. The minimum atomic E-state index is -0.343. The van der Waals surface area contributed by atoms with E-state index in [1.807, 2.05) is 38.1 Å². The fourth-order valence-electron chi connectivity index (χ4n) is 2.09. The summed E-state index contributed by atoms with van der Waals surface area (Å²) in [6, 6.07) is 7.33. The molecule has 2 heterocycles. The number of aromatic amines is 1. The number of hydrogen-bond acceptors (Lipinski definition) is 4. The van der Waals surface area contributed by atoms with Crippen LogP contribution < -0.4 is 5.56 Å². The molecule has 0 spiro atoms. The number of nitrogens with one attached hydrogen (secondary N) is 1. The van der Waals surface area contributed by atoms with Gasteiger partial charge in [-0.15, -0.1) is 11.3 Å². The largest absolute Gasteiger partial charge is 0.332 e. The number of amides is 1. The van der Waals surface area contributed by atoms with Crippen LogP contribution in [0.1, 0.15) is 20.1 Å². The van der Waals surface area contributed by atoms with Crippen LogP contribution in [-0.2, 0) is 6.54 Å². The number of nitrogens with zero attached hydrogens (tertiary/aromatic N) is 2. The van der Waals surface area contributed by atoms with Gasteiger partial charge in [0.2, 0.25) is 0 Å². The summed E-state index contributed by atoms with van der Waals surface area (Å²) in [4.78, 5) is 33.2. The summed E-state index contributed by atoms with van der Waals surface area (Å²) in [5.41, 5.74) is -0.153. The lowest BCUT2D eigenvalue weighted by Gasteiger charge is -2.23. The van der Waals surface area contributed by atoms with Gasteiger partial charge in [0.1, 0.15) is 5.56 Å². The Balaban J connectivity index is 2.21. The fraction of sp³-hybridized carbons (Fsp3) is 0.375. The summed E-state index contributed by atoms with van der Waals surface area (Å²) in [6.45, 7) is 3.90. The zero-order valence-electron chi connectivity index (χ0n) is 13.1. The Morgan fingerprint density at radius 3 is 2.59 bits per heavy atom. The van der Waals surface area contributed by atoms with Crippen molar-refractivity contribution in [2.24, 2.45) is 0 Å². The van der Waals surface area contributed by atoms with Crippen molar-refractivity contribution in [1.82, 2.24) is 14.8 Å². The second-order valence-corrected chi connectivity index (χ2v) is 6.83. The zero-order valence-corrected chi connectivity index (χ0v) is 13.9. The third kappa shape index (κ3) is 4.29. The van der Waals surface area contributed by atoms with E-state index in [4.69, 9.17) is 0 Å². The summed E-state index contributed by atoms with van der Waals surface area (Å²) < 4.78 is 0. The molecule has 0 atom stereocenters. The Morgan fingerprint density at radius 1 is 1.23 bits per heavy atom. The SMILES string of the molecule is Cc1ccc(CN(CCN(C)C)C(=O)c2ccc[nH]c2=O)s1. The number of H-pyrrole nitrogens is 1. The monoisotopic (exact) mass is 319 g/mol. The van der Waals surface area contributed by atoms with Gasteiger partial charge in [-0.25, -0.2) is 0 Å². The quantitative estimate of drug-likeness (QED) is 0.885. The first-order chi connectivity index (χ1) is 10.5. The Kier molecular flexibility index (Phi) is 5.51. The van der Waals surface area contributed by atoms with E-state index in [2.05, 4.69) is 4.98 Å². The maximum absolute atomic E-state index is 12.7. The second-order valence-electron chi connectivity index (χ2n) is 5.46. The van der Waals surface area contributed by atoms with Gasteiger partial charge in [-0.1, -0.05) is 0 Å². The first-order valence-corrected chi connectivity index (χ1v) is 7.96. The average Bonchev–Trinajstić information content (AvgIpc) is 2.88. The number of aromatic nitrogens is 1. The van der Waals surface area contributed by atoms with Crippen molar-refractivity contribution in [3.63, 3.8) is 0 Å². The molecule has 6 heteroatoms. The Labute approximate surface area is 134 Å². The minimum Gasteiger partial charge on any atom is -0.332 e. The van der Waals surface area contributed by atoms with Gasteiger partial charge in [0, 0.05) is 29.0 Å². The summed E-state index contributed by atoms with van der Waals surface area (Å²) in [6.07, 6.45) is 1.53. The van der Waals surface area contributed by atoms with Crippen molar-refractivity contribution in [3.8, 4) is 0 Å². The average molecular weight is 319 g/mol. The highest BCUT2D eigenvalue weighted by Crippen LogP contribution is 2.18. The molecule has 1 amide bonds. The van der Waals surface area contributed by atoms with Crippen molar-refractivity contribution in [2.45, 2.75) is 13.5 Å². The molecule has 0 aromatic carbocycles. The molecule has 2 rings (SSSR count). The van der Waals surface area contributed by atoms with Gasteiger partial charge in [-0.3, -0.25) is 9.59 Å². The predicted molar refractivity (Wildman–Crippen MR) is 89.4 cm³/mol. The van der Waals surface area contributed by atoms with Gasteiger partial charge >= 0.3 is 0 Å². The van der Waals surface area contributed by atoms with Crippen LogP contribution in [0.25, 0.3) is 0 Å². The fourth-order valence-corrected chi connectivity index (χ4v) is 3.00. The molecule has 1 N–H and O–H groups in total. The Hall–Kier alpha value is -1.92. The van der Waals surface area contributed by atoms with E-state index in [9.17, 15) is 9.59 Å². The first-order valence-electron chi connectivity index (χ1n) is 7.14. The number of carbonyl (C=O) groups excluding carboxylic acids is 1. The van der Waals surface area contributed by atoms with E-state index in [0.29, 0.717) is 13.1 Å². The van der Waals surface area contributed by atoms with Gasteiger partial charge in [-0.05, 0) is 45.3 Å². The maximum atomic E-state index is 12.7. The van der Waals surface area contributed by atoms with Crippen LogP contribution >= 0.6 is 11.3 Å². The van der Waals surface area contributed by atoms with Crippen molar-refractivity contribution >= 4 is 17.2 Å². The van der Waals surface area contributed by atoms with Crippen molar-refractivity contribution in [2.75, 3.05) is 27.2 Å². The van der Waals surface area contributed by atoms with Crippen LogP contribution in [0, 0.1) is 6.92 Å². The molecule has 0 aliphatic rings. The highest BCUT2D eigenvalue weighted by molar-refractivity contribution is 7.11. The number of carbonyl (C=O) groups is 1. The molecular formula is C16H21N3O2S. The smallest absolute Gasteiger partial charge is 0.260 e. The van der Waals surface area contributed by atoms with Gasteiger partial charge in [0.25, 0.3) is 11.5 Å². The van der Waals surface area contributed by atoms with E-state index in [1.54, 1.807) is 28.4 Å². The molecule has 0 saturated carbocycles. The number of likely N-dealkylation sites (N-methyl/N-ethyl adjacent to an activating group) is 1. The Bertz CT molecular complexity index is 690. The van der Waals surface area contributed by atoms with E-state index in [0.717, 1.165) is 11.4 Å². The molecule has 0 radical (unpaired) electrons. The molecule has 2 aromatic rings. The molecule has 0 aliphatic carbocycles. The van der Waals surface area contributed by atoms with Gasteiger partial charge in [-0.2, -0.15) is 0 Å². The third-order valence-electron chi connectivity index (χ3n) is 3.30. The van der Waals surface area contributed by atoms with Crippen LogP contribution in [0.4, 0.5) is 0 Å². The predicted octanol–water partition coefficient (Wildman–Crippen LogP) is 1.95. The van der Waals surface area contributed by atoms with Crippen molar-refractivity contribution in [1.29, 1.82) is 0 Å². The van der Waals surface area contributed by atoms with Crippen LogP contribution in [0.2, 0.25) is 0 Å². The highest BCUT2D eigenvalue weighted by Gasteiger charge is 2.19. The van der Waals surface area contributed by atoms with Gasteiger partial charge < -0.3 is 14.8 Å². The van der Waals surface area contributed by atoms with E-state index >= 15 is 0 Å². The summed E-state index contributed by atoms with van der Waals surface area (Å²) >= 11 is 1.67. The van der Waals surface area contributed by atoms with Crippen LogP contribution in [-0.4, -0.2) is 47.9 Å². The van der Waals surface area contributed by atoms with Gasteiger partial charge in [0.15, 0.2) is 0 Å². The Morgan fingerprint density at radius 2 is 2.00 bits per heavy atom. The van der Waals surface area contributed by atoms with Crippen LogP contribution in [0.15, 0.2) is 35.3 Å². The zero-order chi connectivity index (χ0) is 16.1.